The van der Waals surface area contributed by atoms with Gasteiger partial charge < -0.3 is 9.47 Å². The zero-order valence-corrected chi connectivity index (χ0v) is 11.1. The number of fused-ring (bicyclic) bond motifs is 1. The molecule has 16 heavy (non-hydrogen) atoms. The average molecular weight is 332 g/mol. The Morgan fingerprint density at radius 2 is 2.19 bits per heavy atom. The molecular formula is C10H13IN4O. The maximum atomic E-state index is 11.6. The van der Waals surface area contributed by atoms with Crippen LogP contribution in [0.4, 0.5) is 0 Å². The van der Waals surface area contributed by atoms with Crippen LogP contribution >= 0.6 is 22.6 Å². The quantitative estimate of drug-likeness (QED) is 0.598. The smallest absolute Gasteiger partial charge is 0.232 e. The van der Waals surface area contributed by atoms with Crippen molar-refractivity contribution < 1.29 is 4.79 Å². The van der Waals surface area contributed by atoms with Crippen LogP contribution in [0, 0.1) is 0 Å². The second-order valence-electron chi connectivity index (χ2n) is 4.35. The SMILES string of the molecule is O=C(CI)N1CCn2c(nnc2C2CC2)C1. The number of carbonyl (C=O) groups excluding carboxylic acids is 1. The Morgan fingerprint density at radius 3 is 2.88 bits per heavy atom. The van der Waals surface area contributed by atoms with Gasteiger partial charge in [0.05, 0.1) is 11.0 Å². The molecule has 0 aromatic carbocycles. The monoisotopic (exact) mass is 332 g/mol. The minimum absolute atomic E-state index is 0.197. The summed E-state index contributed by atoms with van der Waals surface area (Å²) in [5.74, 6) is 2.92. The maximum Gasteiger partial charge on any atom is 0.232 e. The number of nitrogens with zero attached hydrogens (tertiary/aromatic N) is 4. The number of carbonyl (C=O) groups is 1. The standard InChI is InChI=1S/C10H13IN4O/c11-5-9(16)14-3-4-15-8(6-14)12-13-10(15)7-1-2-7/h7H,1-6H2. The molecule has 0 radical (unpaired) electrons. The molecule has 0 unspecified atom stereocenters. The molecule has 0 atom stereocenters. The first-order valence-electron chi connectivity index (χ1n) is 5.55. The third-order valence-corrected chi connectivity index (χ3v) is 3.84. The van der Waals surface area contributed by atoms with Gasteiger partial charge in [0.1, 0.15) is 5.82 Å². The molecule has 1 aliphatic heterocycles. The third kappa shape index (κ3) is 1.72. The molecule has 0 N–H and O–H groups in total. The van der Waals surface area contributed by atoms with E-state index in [0.29, 0.717) is 16.9 Å². The van der Waals surface area contributed by atoms with Crippen LogP contribution in [-0.2, 0) is 17.9 Å². The summed E-state index contributed by atoms with van der Waals surface area (Å²) in [5.41, 5.74) is 0. The highest BCUT2D eigenvalue weighted by molar-refractivity contribution is 14.1. The fraction of sp³-hybridized carbons (Fsp3) is 0.700. The number of hydrogen-bond donors (Lipinski definition) is 0. The largest absolute Gasteiger partial charge is 0.333 e. The zero-order chi connectivity index (χ0) is 11.1. The molecule has 1 aromatic rings. The number of aromatic nitrogens is 3. The lowest BCUT2D eigenvalue weighted by Crippen LogP contribution is -2.39. The molecule has 86 valence electrons. The zero-order valence-electron chi connectivity index (χ0n) is 8.90. The highest BCUT2D eigenvalue weighted by atomic mass is 127. The molecule has 2 heterocycles. The summed E-state index contributed by atoms with van der Waals surface area (Å²) in [6, 6.07) is 0. The Labute approximate surface area is 107 Å². The lowest BCUT2D eigenvalue weighted by atomic mass is 10.3. The second-order valence-corrected chi connectivity index (χ2v) is 5.11. The van der Waals surface area contributed by atoms with E-state index in [9.17, 15) is 4.79 Å². The summed E-state index contributed by atoms with van der Waals surface area (Å²) in [5, 5.41) is 8.45. The molecule has 6 heteroatoms. The van der Waals surface area contributed by atoms with Gasteiger partial charge in [0, 0.05) is 19.0 Å². The first-order valence-corrected chi connectivity index (χ1v) is 7.08. The Hall–Kier alpha value is -0.660. The van der Waals surface area contributed by atoms with Crippen LogP contribution in [0.15, 0.2) is 0 Å². The number of amides is 1. The van der Waals surface area contributed by atoms with Gasteiger partial charge in [-0.15, -0.1) is 10.2 Å². The van der Waals surface area contributed by atoms with Crippen molar-refractivity contribution in [1.82, 2.24) is 19.7 Å². The molecule has 1 aliphatic carbocycles. The first-order chi connectivity index (χ1) is 7.79. The predicted molar refractivity (Wildman–Crippen MR) is 66.3 cm³/mol. The van der Waals surface area contributed by atoms with Gasteiger partial charge in [-0.25, -0.2) is 0 Å². The first kappa shape index (κ1) is 10.5. The molecule has 3 rings (SSSR count). The minimum Gasteiger partial charge on any atom is -0.333 e. The van der Waals surface area contributed by atoms with Crippen molar-refractivity contribution in [3.8, 4) is 0 Å². The Bertz CT molecular complexity index is 426. The molecule has 0 bridgehead atoms. The van der Waals surface area contributed by atoms with Gasteiger partial charge in [-0.1, -0.05) is 22.6 Å². The van der Waals surface area contributed by atoms with E-state index in [1.165, 1.54) is 12.8 Å². The van der Waals surface area contributed by atoms with Gasteiger partial charge in [0.2, 0.25) is 5.91 Å². The van der Waals surface area contributed by atoms with E-state index in [0.717, 1.165) is 24.7 Å². The molecule has 0 saturated heterocycles. The van der Waals surface area contributed by atoms with E-state index < -0.39 is 0 Å². The van der Waals surface area contributed by atoms with Gasteiger partial charge >= 0.3 is 0 Å². The number of rotatable bonds is 2. The van der Waals surface area contributed by atoms with Crippen LogP contribution in [0.3, 0.4) is 0 Å². The molecule has 1 aromatic heterocycles. The summed E-state index contributed by atoms with van der Waals surface area (Å²) < 4.78 is 2.75. The number of hydrogen-bond acceptors (Lipinski definition) is 3. The van der Waals surface area contributed by atoms with Crippen molar-refractivity contribution >= 4 is 28.5 Å². The van der Waals surface area contributed by atoms with Gasteiger partial charge in [0.15, 0.2) is 5.82 Å². The van der Waals surface area contributed by atoms with Crippen molar-refractivity contribution in [2.75, 3.05) is 11.0 Å². The van der Waals surface area contributed by atoms with Crippen molar-refractivity contribution in [1.29, 1.82) is 0 Å². The molecule has 0 spiro atoms. The maximum absolute atomic E-state index is 11.6. The summed E-state index contributed by atoms with van der Waals surface area (Å²) in [6.07, 6.45) is 2.49. The van der Waals surface area contributed by atoms with Gasteiger partial charge in [0.25, 0.3) is 0 Å². The fourth-order valence-electron chi connectivity index (χ4n) is 2.12. The van der Waals surface area contributed by atoms with Crippen LogP contribution in [0.1, 0.15) is 30.4 Å². The molecular weight excluding hydrogens is 319 g/mol. The third-order valence-electron chi connectivity index (χ3n) is 3.19. The van der Waals surface area contributed by atoms with E-state index >= 15 is 0 Å². The van der Waals surface area contributed by atoms with Crippen LogP contribution in [0.5, 0.6) is 0 Å². The van der Waals surface area contributed by atoms with Gasteiger partial charge in [-0.2, -0.15) is 0 Å². The van der Waals surface area contributed by atoms with Crippen molar-refractivity contribution in [3.63, 3.8) is 0 Å². The van der Waals surface area contributed by atoms with E-state index in [2.05, 4.69) is 37.4 Å². The minimum atomic E-state index is 0.197. The number of halogens is 1. The lowest BCUT2D eigenvalue weighted by Gasteiger charge is -2.27. The Kier molecular flexibility index (Phi) is 2.61. The lowest BCUT2D eigenvalue weighted by molar-refractivity contribution is -0.129. The van der Waals surface area contributed by atoms with E-state index in [1.54, 1.807) is 0 Å². The number of alkyl halides is 1. The second kappa shape index (κ2) is 3.97. The van der Waals surface area contributed by atoms with Crippen molar-refractivity contribution in [2.45, 2.75) is 31.8 Å². The van der Waals surface area contributed by atoms with E-state index in [4.69, 9.17) is 0 Å². The summed E-state index contributed by atoms with van der Waals surface area (Å²) in [6.45, 7) is 2.28. The fourth-order valence-corrected chi connectivity index (χ4v) is 2.60. The summed E-state index contributed by atoms with van der Waals surface area (Å²) in [7, 11) is 0. The molecule has 1 saturated carbocycles. The Morgan fingerprint density at radius 1 is 1.38 bits per heavy atom. The van der Waals surface area contributed by atoms with Gasteiger partial charge in [-0.3, -0.25) is 4.79 Å². The topological polar surface area (TPSA) is 51.0 Å². The molecule has 1 amide bonds. The molecule has 2 aliphatic rings. The summed E-state index contributed by atoms with van der Waals surface area (Å²) in [4.78, 5) is 13.5. The highest BCUT2D eigenvalue weighted by Crippen LogP contribution is 2.39. The van der Waals surface area contributed by atoms with E-state index in [1.807, 2.05) is 4.90 Å². The van der Waals surface area contributed by atoms with Gasteiger partial charge in [-0.05, 0) is 12.8 Å². The Balaban J connectivity index is 1.82. The van der Waals surface area contributed by atoms with Crippen LogP contribution < -0.4 is 0 Å². The van der Waals surface area contributed by atoms with Crippen LogP contribution in [0.25, 0.3) is 0 Å². The molecule has 1 fully saturated rings. The highest BCUT2D eigenvalue weighted by Gasteiger charge is 2.32. The van der Waals surface area contributed by atoms with Crippen molar-refractivity contribution in [2.24, 2.45) is 0 Å². The normalized spacial score (nSPS) is 19.7. The molecule has 5 nitrogen and oxygen atoms in total. The predicted octanol–water partition coefficient (Wildman–Crippen LogP) is 0.933. The average Bonchev–Trinajstić information content (AvgIpc) is 3.08. The summed E-state index contributed by atoms with van der Waals surface area (Å²) >= 11 is 2.11. The van der Waals surface area contributed by atoms with Crippen LogP contribution in [-0.4, -0.2) is 36.5 Å². The van der Waals surface area contributed by atoms with E-state index in [-0.39, 0.29) is 5.91 Å². The van der Waals surface area contributed by atoms with Crippen molar-refractivity contribution in [3.05, 3.63) is 11.6 Å². The van der Waals surface area contributed by atoms with Crippen LogP contribution in [0.2, 0.25) is 0 Å².